The molecule has 0 aliphatic carbocycles. The Labute approximate surface area is 156 Å². The summed E-state index contributed by atoms with van der Waals surface area (Å²) < 4.78 is 0. The number of rotatable bonds is 4. The van der Waals surface area contributed by atoms with Crippen LogP contribution < -0.4 is 5.73 Å². The Kier molecular flexibility index (Phi) is 6.25. The van der Waals surface area contributed by atoms with E-state index in [1.165, 1.54) is 30.4 Å². The predicted molar refractivity (Wildman–Crippen MR) is 106 cm³/mol. The van der Waals surface area contributed by atoms with Crippen LogP contribution in [0, 0.1) is 12.0 Å². The summed E-state index contributed by atoms with van der Waals surface area (Å²) in [7, 11) is 0. The Bertz CT molecular complexity index is 725. The van der Waals surface area contributed by atoms with Gasteiger partial charge in [0.15, 0.2) is 0 Å². The highest BCUT2D eigenvalue weighted by Crippen LogP contribution is 2.21. The summed E-state index contributed by atoms with van der Waals surface area (Å²) in [5.41, 5.74) is 9.17. The van der Waals surface area contributed by atoms with Crippen molar-refractivity contribution in [3.05, 3.63) is 64.7 Å². The predicted octanol–water partition coefficient (Wildman–Crippen LogP) is 4.91. The molecule has 1 saturated heterocycles. The van der Waals surface area contributed by atoms with E-state index in [-0.39, 0.29) is 0 Å². The molecular weight excluding hydrogens is 328 g/mol. The molecule has 1 heterocycles. The number of nitrogens with zero attached hydrogens (tertiary/aromatic N) is 1. The van der Waals surface area contributed by atoms with Crippen molar-refractivity contribution >= 4 is 17.3 Å². The van der Waals surface area contributed by atoms with Gasteiger partial charge in [-0.15, -0.1) is 0 Å². The summed E-state index contributed by atoms with van der Waals surface area (Å²) in [5.74, 6) is 3.37. The molecule has 1 unspecified atom stereocenters. The molecule has 2 aromatic rings. The molecule has 3 heteroatoms. The first kappa shape index (κ1) is 17.7. The molecule has 130 valence electrons. The average Bonchev–Trinajstić information content (AvgIpc) is 2.63. The number of hydrogen-bond acceptors (Lipinski definition) is 2. The van der Waals surface area contributed by atoms with Gasteiger partial charge < -0.3 is 10.6 Å². The largest absolute Gasteiger partial charge is 0.399 e. The maximum Gasteiger partial charge on any atom is 0.0411 e. The highest BCUT2D eigenvalue weighted by molar-refractivity contribution is 6.30. The van der Waals surface area contributed by atoms with Gasteiger partial charge in [-0.2, -0.15) is 0 Å². The molecule has 1 aliphatic rings. The first-order valence-corrected chi connectivity index (χ1v) is 9.42. The Morgan fingerprint density at radius 3 is 2.48 bits per heavy atom. The third kappa shape index (κ3) is 5.44. The topological polar surface area (TPSA) is 29.3 Å². The molecule has 0 aromatic heterocycles. The lowest BCUT2D eigenvalue weighted by atomic mass is 9.96. The Morgan fingerprint density at radius 1 is 1.00 bits per heavy atom. The first-order valence-electron chi connectivity index (χ1n) is 9.05. The van der Waals surface area contributed by atoms with E-state index in [2.05, 4.69) is 41.1 Å². The lowest BCUT2D eigenvalue weighted by molar-refractivity contribution is 0.226. The van der Waals surface area contributed by atoms with E-state index in [1.54, 1.807) is 0 Å². The number of anilines is 1. The minimum atomic E-state index is 0.513. The van der Waals surface area contributed by atoms with Crippen molar-refractivity contribution in [3.63, 3.8) is 0 Å². The third-order valence-electron chi connectivity index (χ3n) is 4.75. The fourth-order valence-electron chi connectivity index (χ4n) is 3.30. The second kappa shape index (κ2) is 8.83. The van der Waals surface area contributed by atoms with Crippen LogP contribution in [0.5, 0.6) is 0 Å². The Balaban J connectivity index is 1.55. The fraction of sp³-hybridized carbons (Fsp3) is 0.364. The quantitative estimate of drug-likeness (QED) is 0.625. The van der Waals surface area contributed by atoms with Gasteiger partial charge in [0, 0.05) is 35.8 Å². The van der Waals surface area contributed by atoms with E-state index in [9.17, 15) is 0 Å². The van der Waals surface area contributed by atoms with Crippen LogP contribution in [0.15, 0.2) is 48.5 Å². The zero-order valence-electron chi connectivity index (χ0n) is 14.5. The van der Waals surface area contributed by atoms with Crippen LogP contribution in [0.1, 0.15) is 36.8 Å². The molecule has 3 rings (SSSR count). The molecule has 1 atom stereocenters. The van der Waals surface area contributed by atoms with E-state index in [0.717, 1.165) is 36.5 Å². The molecule has 0 amide bonds. The molecule has 1 fully saturated rings. The van der Waals surface area contributed by atoms with Crippen LogP contribution in [-0.2, 0) is 12.8 Å². The van der Waals surface area contributed by atoms with Crippen LogP contribution in [-0.4, -0.2) is 17.5 Å². The highest BCUT2D eigenvalue weighted by Gasteiger charge is 2.20. The van der Waals surface area contributed by atoms with Crippen LogP contribution in [0.4, 0.5) is 5.69 Å². The molecule has 2 aromatic carbocycles. The van der Waals surface area contributed by atoms with E-state index in [1.807, 2.05) is 24.3 Å². The third-order valence-corrected chi connectivity index (χ3v) is 5.00. The normalized spacial score (nSPS) is 17.0. The summed E-state index contributed by atoms with van der Waals surface area (Å²) in [6, 6.07) is 20.2. The molecule has 2 nitrogen and oxygen atoms in total. The van der Waals surface area contributed by atoms with Gasteiger partial charge in [-0.25, -0.2) is 0 Å². The van der Waals surface area contributed by atoms with Gasteiger partial charge in [-0.3, -0.25) is 0 Å². The summed E-state index contributed by atoms with van der Waals surface area (Å²) in [4.78, 5) is 2.35. The second-order valence-electron chi connectivity index (χ2n) is 6.70. The van der Waals surface area contributed by atoms with Gasteiger partial charge in [0.1, 0.15) is 0 Å². The minimum absolute atomic E-state index is 0.513. The number of piperidine rings is 1. The highest BCUT2D eigenvalue weighted by atomic mass is 35.5. The molecule has 0 radical (unpaired) electrons. The zero-order valence-corrected chi connectivity index (χ0v) is 15.3. The lowest BCUT2D eigenvalue weighted by Crippen LogP contribution is -2.37. The van der Waals surface area contributed by atoms with Gasteiger partial charge in [-0.1, -0.05) is 41.8 Å². The van der Waals surface area contributed by atoms with Gasteiger partial charge in [0.05, 0.1) is 0 Å². The first-order chi connectivity index (χ1) is 12.2. The van der Waals surface area contributed by atoms with Crippen molar-refractivity contribution in [3.8, 4) is 12.0 Å². The number of likely N-dealkylation sites (tertiary alicyclic amines) is 1. The molecule has 1 aliphatic heterocycles. The van der Waals surface area contributed by atoms with Crippen molar-refractivity contribution in [1.82, 2.24) is 4.90 Å². The number of benzene rings is 2. The summed E-state index contributed by atoms with van der Waals surface area (Å²) in [5, 5.41) is 0.798. The fourth-order valence-corrected chi connectivity index (χ4v) is 3.43. The van der Waals surface area contributed by atoms with Crippen molar-refractivity contribution in [2.45, 2.75) is 44.6 Å². The summed E-state index contributed by atoms with van der Waals surface area (Å²) >= 11 is 5.99. The second-order valence-corrected chi connectivity index (χ2v) is 7.14. The van der Waals surface area contributed by atoms with Crippen molar-refractivity contribution in [2.75, 3.05) is 12.3 Å². The minimum Gasteiger partial charge on any atom is -0.399 e. The number of halogens is 1. The number of nitrogen functional groups attached to an aromatic ring is 1. The lowest BCUT2D eigenvalue weighted by Gasteiger charge is -2.33. The van der Waals surface area contributed by atoms with E-state index in [0.29, 0.717) is 6.04 Å². The molecule has 25 heavy (non-hydrogen) atoms. The van der Waals surface area contributed by atoms with Crippen LogP contribution in [0.2, 0.25) is 5.02 Å². The monoisotopic (exact) mass is 352 g/mol. The van der Waals surface area contributed by atoms with Crippen LogP contribution >= 0.6 is 11.6 Å². The van der Waals surface area contributed by atoms with Crippen molar-refractivity contribution in [1.29, 1.82) is 0 Å². The maximum absolute atomic E-state index is 5.99. The van der Waals surface area contributed by atoms with Gasteiger partial charge in [0.25, 0.3) is 0 Å². The van der Waals surface area contributed by atoms with Crippen molar-refractivity contribution < 1.29 is 0 Å². The zero-order chi connectivity index (χ0) is 17.5. The Hall–Kier alpha value is -2.11. The van der Waals surface area contributed by atoms with Crippen LogP contribution in [0.25, 0.3) is 0 Å². The molecule has 0 saturated carbocycles. The molecular formula is C22H25ClN2. The summed E-state index contributed by atoms with van der Waals surface area (Å²) in [6.45, 7) is 1.08. The van der Waals surface area contributed by atoms with E-state index < -0.39 is 0 Å². The van der Waals surface area contributed by atoms with Gasteiger partial charge in [0.2, 0.25) is 0 Å². The van der Waals surface area contributed by atoms with Crippen LogP contribution in [0.3, 0.4) is 0 Å². The number of aryl methyl sites for hydroxylation is 1. The standard InChI is InChI=1S/C22H25ClN2/c23-20-11-7-19(8-12-20)17-22-6-2-4-16-25(22)15-3-1-5-18-9-13-21(24)14-10-18/h7-14,22H,1-2,4-6,16-17,24H2. The maximum atomic E-state index is 5.99. The smallest absolute Gasteiger partial charge is 0.0411 e. The average molecular weight is 353 g/mol. The van der Waals surface area contributed by atoms with Gasteiger partial charge >= 0.3 is 0 Å². The molecule has 0 spiro atoms. The Morgan fingerprint density at radius 2 is 1.72 bits per heavy atom. The van der Waals surface area contributed by atoms with Gasteiger partial charge in [-0.05, 0) is 67.5 Å². The molecule has 0 bridgehead atoms. The number of nitrogens with two attached hydrogens (primary N) is 1. The van der Waals surface area contributed by atoms with Crippen molar-refractivity contribution in [2.24, 2.45) is 0 Å². The molecule has 2 N–H and O–H groups in total. The van der Waals surface area contributed by atoms with E-state index in [4.69, 9.17) is 17.3 Å². The SMILES string of the molecule is Nc1ccc(CCC#CN2CCCCC2Cc2ccc(Cl)cc2)cc1. The van der Waals surface area contributed by atoms with E-state index >= 15 is 0 Å². The summed E-state index contributed by atoms with van der Waals surface area (Å²) in [6.07, 6.45) is 6.65. The number of hydrogen-bond donors (Lipinski definition) is 1.